The Morgan fingerprint density at radius 1 is 0.674 bits per heavy atom. The van der Waals surface area contributed by atoms with Crippen LogP contribution < -0.4 is 4.74 Å². The Balaban J connectivity index is 1.56. The Morgan fingerprint density at radius 3 is 1.84 bits per heavy atom. The van der Waals surface area contributed by atoms with E-state index < -0.39 is 0 Å². The van der Waals surface area contributed by atoms with E-state index in [2.05, 4.69) is 84.9 Å². The molecule has 0 N–H and O–H groups in total. The maximum Gasteiger partial charge on any atom is 0.305 e. The lowest BCUT2D eigenvalue weighted by Gasteiger charge is -2.31. The number of hydrogen-bond acceptors (Lipinski definition) is 3. The first-order valence-corrected chi connectivity index (χ1v) is 17.5. The minimum Gasteiger partial charge on any atom is -0.490 e. The van der Waals surface area contributed by atoms with Gasteiger partial charge >= 0.3 is 5.97 Å². The van der Waals surface area contributed by atoms with Crippen LogP contribution in [0.2, 0.25) is 0 Å². The normalized spacial score (nSPS) is 12.7. The van der Waals surface area contributed by atoms with Gasteiger partial charge in [0.05, 0.1) is 0 Å². The maximum atomic E-state index is 12.2. The second-order valence-electron chi connectivity index (χ2n) is 14.7. The van der Waals surface area contributed by atoms with E-state index in [1.807, 2.05) is 12.1 Å². The Kier molecular flexibility index (Phi) is 17.1. The Labute approximate surface area is 265 Å². The third-order valence-electron chi connectivity index (χ3n) is 8.85. The van der Waals surface area contributed by atoms with Gasteiger partial charge in [0.25, 0.3) is 0 Å². The van der Waals surface area contributed by atoms with Gasteiger partial charge in [-0.25, -0.2) is 0 Å². The number of carbonyl (C=O) groups excluding carboxylic acids is 1. The van der Waals surface area contributed by atoms with Crippen LogP contribution in [0.25, 0.3) is 11.1 Å². The molecular weight excluding hydrogens is 528 g/mol. The summed E-state index contributed by atoms with van der Waals surface area (Å²) in [5.74, 6) is 1.45. The van der Waals surface area contributed by atoms with Crippen LogP contribution in [0.5, 0.6) is 5.75 Å². The van der Waals surface area contributed by atoms with Crippen LogP contribution in [0.3, 0.4) is 0 Å². The Bertz CT molecular complexity index is 1010. The summed E-state index contributed by atoms with van der Waals surface area (Å²) < 4.78 is 11.3. The van der Waals surface area contributed by atoms with E-state index in [1.54, 1.807) is 0 Å². The minimum absolute atomic E-state index is 0.111. The van der Waals surface area contributed by atoms with Crippen molar-refractivity contribution in [1.29, 1.82) is 0 Å². The predicted octanol–water partition coefficient (Wildman–Crippen LogP) is 12.1. The van der Waals surface area contributed by atoms with Gasteiger partial charge in [0.1, 0.15) is 19.0 Å². The SMILES string of the molecule is CCCCCCCCCCCC(CCCCCC(=O)OCCOc1ccc(-c2cccc(C(C)(C)C)c2)cc1)C(C)(C)C. The molecule has 3 heteroatoms. The van der Waals surface area contributed by atoms with Crippen LogP contribution in [-0.2, 0) is 14.9 Å². The van der Waals surface area contributed by atoms with Gasteiger partial charge in [0, 0.05) is 6.42 Å². The molecule has 0 aliphatic heterocycles. The fraction of sp³-hybridized carbons (Fsp3) is 0.675. The molecule has 0 spiro atoms. The highest BCUT2D eigenvalue weighted by Gasteiger charge is 2.23. The third kappa shape index (κ3) is 15.8. The predicted molar refractivity (Wildman–Crippen MR) is 185 cm³/mol. The van der Waals surface area contributed by atoms with Gasteiger partial charge in [-0.15, -0.1) is 0 Å². The molecule has 2 rings (SSSR count). The summed E-state index contributed by atoms with van der Waals surface area (Å²) in [7, 11) is 0. The van der Waals surface area contributed by atoms with Crippen molar-refractivity contribution in [1.82, 2.24) is 0 Å². The molecule has 1 unspecified atom stereocenters. The van der Waals surface area contributed by atoms with E-state index in [0.717, 1.165) is 24.5 Å². The van der Waals surface area contributed by atoms with Crippen molar-refractivity contribution in [2.24, 2.45) is 11.3 Å². The van der Waals surface area contributed by atoms with Gasteiger partial charge in [-0.1, -0.05) is 155 Å². The highest BCUT2D eigenvalue weighted by atomic mass is 16.6. The topological polar surface area (TPSA) is 35.5 Å². The molecule has 43 heavy (non-hydrogen) atoms. The monoisotopic (exact) mass is 592 g/mol. The van der Waals surface area contributed by atoms with E-state index in [-0.39, 0.29) is 11.4 Å². The maximum absolute atomic E-state index is 12.2. The summed E-state index contributed by atoms with van der Waals surface area (Å²) in [6.45, 7) is 16.8. The highest BCUT2D eigenvalue weighted by Crippen LogP contribution is 2.35. The Morgan fingerprint density at radius 2 is 1.26 bits per heavy atom. The molecule has 0 bridgehead atoms. The van der Waals surface area contributed by atoms with Crippen LogP contribution in [0.15, 0.2) is 48.5 Å². The second-order valence-corrected chi connectivity index (χ2v) is 14.7. The van der Waals surface area contributed by atoms with Crippen LogP contribution >= 0.6 is 0 Å². The number of rotatable bonds is 21. The lowest BCUT2D eigenvalue weighted by molar-refractivity contribution is -0.144. The Hall–Kier alpha value is -2.29. The molecule has 0 fully saturated rings. The number of esters is 1. The van der Waals surface area contributed by atoms with Gasteiger partial charge in [-0.2, -0.15) is 0 Å². The molecular formula is C40H64O3. The molecule has 0 aliphatic rings. The number of benzene rings is 2. The van der Waals surface area contributed by atoms with Crippen LogP contribution in [-0.4, -0.2) is 19.2 Å². The summed E-state index contributed by atoms with van der Waals surface area (Å²) >= 11 is 0. The number of ether oxygens (including phenoxy) is 2. The number of hydrogen-bond donors (Lipinski definition) is 0. The molecule has 0 heterocycles. The van der Waals surface area contributed by atoms with Crippen molar-refractivity contribution in [3.8, 4) is 16.9 Å². The third-order valence-corrected chi connectivity index (χ3v) is 8.85. The van der Waals surface area contributed by atoms with Gasteiger partial charge in [0.2, 0.25) is 0 Å². The van der Waals surface area contributed by atoms with Gasteiger partial charge < -0.3 is 9.47 Å². The summed E-state index contributed by atoms with van der Waals surface area (Å²) in [5, 5.41) is 0. The molecule has 0 aliphatic carbocycles. The molecule has 0 saturated carbocycles. The fourth-order valence-electron chi connectivity index (χ4n) is 5.84. The van der Waals surface area contributed by atoms with Gasteiger partial charge in [-0.05, 0) is 64.8 Å². The average molecular weight is 593 g/mol. The van der Waals surface area contributed by atoms with Crippen LogP contribution in [0, 0.1) is 11.3 Å². The minimum atomic E-state index is -0.111. The smallest absolute Gasteiger partial charge is 0.305 e. The molecule has 2 aromatic carbocycles. The quantitative estimate of drug-likeness (QED) is 0.107. The van der Waals surface area contributed by atoms with Gasteiger partial charge in [-0.3, -0.25) is 4.79 Å². The molecule has 0 saturated heterocycles. The van der Waals surface area contributed by atoms with Crippen molar-refractivity contribution >= 4 is 5.97 Å². The molecule has 242 valence electrons. The molecule has 0 radical (unpaired) electrons. The lowest BCUT2D eigenvalue weighted by Crippen LogP contribution is -2.20. The second kappa shape index (κ2) is 19.9. The first kappa shape index (κ1) is 36.9. The fourth-order valence-corrected chi connectivity index (χ4v) is 5.84. The van der Waals surface area contributed by atoms with Gasteiger partial charge in [0.15, 0.2) is 0 Å². The first-order chi connectivity index (χ1) is 20.5. The standard InChI is InChI=1S/C40H64O3/c1-8-9-10-11-12-13-14-15-17-22-35(39(2,3)4)23-18-16-19-25-38(41)43-31-30-42-37-28-26-33(27-29-37)34-21-20-24-36(32-34)40(5,6)7/h20-21,24,26-29,32,35H,8-19,22-23,25,30-31H2,1-7H3. The lowest BCUT2D eigenvalue weighted by atomic mass is 9.75. The van der Waals surface area contributed by atoms with Crippen molar-refractivity contribution in [2.75, 3.05) is 13.2 Å². The van der Waals surface area contributed by atoms with Crippen molar-refractivity contribution in [2.45, 2.75) is 150 Å². The van der Waals surface area contributed by atoms with E-state index >= 15 is 0 Å². The van der Waals surface area contributed by atoms with Crippen molar-refractivity contribution in [3.05, 3.63) is 54.1 Å². The first-order valence-electron chi connectivity index (χ1n) is 17.5. The summed E-state index contributed by atoms with van der Waals surface area (Å²) in [6.07, 6.45) is 18.9. The molecule has 0 amide bonds. The largest absolute Gasteiger partial charge is 0.490 e. The summed E-state index contributed by atoms with van der Waals surface area (Å²) in [4.78, 5) is 12.2. The molecule has 3 nitrogen and oxygen atoms in total. The van der Waals surface area contributed by atoms with Crippen LogP contribution in [0.4, 0.5) is 0 Å². The zero-order valence-corrected chi connectivity index (χ0v) is 28.9. The number of unbranched alkanes of at least 4 members (excludes halogenated alkanes) is 10. The van der Waals surface area contributed by atoms with Crippen LogP contribution in [0.1, 0.15) is 150 Å². The summed E-state index contributed by atoms with van der Waals surface area (Å²) in [6, 6.07) is 16.9. The number of carbonyl (C=O) groups is 1. The zero-order chi connectivity index (χ0) is 31.6. The zero-order valence-electron chi connectivity index (χ0n) is 28.9. The van der Waals surface area contributed by atoms with Crippen molar-refractivity contribution in [3.63, 3.8) is 0 Å². The average Bonchev–Trinajstić information content (AvgIpc) is 2.96. The van der Waals surface area contributed by atoms with E-state index in [0.29, 0.717) is 25.0 Å². The molecule has 0 aromatic heterocycles. The highest BCUT2D eigenvalue weighted by molar-refractivity contribution is 5.69. The molecule has 1 atom stereocenters. The van der Waals surface area contributed by atoms with E-state index in [1.165, 1.54) is 93.7 Å². The van der Waals surface area contributed by atoms with E-state index in [4.69, 9.17) is 9.47 Å². The summed E-state index contributed by atoms with van der Waals surface area (Å²) in [5.41, 5.74) is 4.18. The molecule has 2 aromatic rings. The van der Waals surface area contributed by atoms with Crippen molar-refractivity contribution < 1.29 is 14.3 Å². The van der Waals surface area contributed by atoms with E-state index in [9.17, 15) is 4.79 Å².